The zero-order valence-electron chi connectivity index (χ0n) is 14.9. The number of halogens is 2. The van der Waals surface area contributed by atoms with E-state index in [-0.39, 0.29) is 5.75 Å². The van der Waals surface area contributed by atoms with E-state index in [4.69, 9.17) is 16.3 Å². The molecule has 0 aliphatic heterocycles. The maximum Gasteiger partial charge on any atom is 0.267 e. The molecule has 1 atom stereocenters. The normalized spacial score (nSPS) is 11.8. The third kappa shape index (κ3) is 5.43. The number of carbonyl (C=O) groups excluding carboxylic acids is 1. The Balaban J connectivity index is 1.58. The monoisotopic (exact) mass is 437 g/mol. The highest BCUT2D eigenvalue weighted by atomic mass is 35.5. The molecule has 28 heavy (non-hydrogen) atoms. The predicted molar refractivity (Wildman–Crippen MR) is 111 cm³/mol. The Labute approximate surface area is 175 Å². The number of aromatic nitrogens is 2. The van der Waals surface area contributed by atoms with Crippen LogP contribution in [0.5, 0.6) is 5.75 Å². The van der Waals surface area contributed by atoms with Crippen molar-refractivity contribution in [2.45, 2.75) is 29.5 Å². The van der Waals surface area contributed by atoms with Crippen molar-refractivity contribution in [3.8, 4) is 5.75 Å². The van der Waals surface area contributed by atoms with Gasteiger partial charge in [-0.15, -0.1) is 10.2 Å². The molecule has 0 radical (unpaired) electrons. The van der Waals surface area contributed by atoms with Crippen LogP contribution in [0.4, 0.5) is 9.52 Å². The van der Waals surface area contributed by atoms with Crippen LogP contribution < -0.4 is 10.1 Å². The number of hydrogen-bond acceptors (Lipinski definition) is 6. The summed E-state index contributed by atoms with van der Waals surface area (Å²) in [4.78, 5) is 12.4. The molecule has 9 heteroatoms. The molecule has 0 bridgehead atoms. The van der Waals surface area contributed by atoms with Gasteiger partial charge in [-0.1, -0.05) is 72.0 Å². The van der Waals surface area contributed by atoms with Gasteiger partial charge >= 0.3 is 0 Å². The van der Waals surface area contributed by atoms with E-state index in [1.54, 1.807) is 19.1 Å². The van der Waals surface area contributed by atoms with Crippen LogP contribution in [0.15, 0.2) is 52.9 Å². The highest BCUT2D eigenvalue weighted by molar-refractivity contribution is 8.00. The molecule has 2 aromatic carbocycles. The first kappa shape index (κ1) is 20.6. The molecule has 5 nitrogen and oxygen atoms in total. The smallest absolute Gasteiger partial charge is 0.267 e. The van der Waals surface area contributed by atoms with Crippen LogP contribution in [-0.2, 0) is 10.5 Å². The number of amides is 1. The lowest BCUT2D eigenvalue weighted by molar-refractivity contribution is -0.122. The minimum atomic E-state index is -0.833. The van der Waals surface area contributed by atoms with Crippen LogP contribution in [0.2, 0.25) is 5.02 Å². The summed E-state index contributed by atoms with van der Waals surface area (Å²) in [7, 11) is 0. The number of anilines is 1. The van der Waals surface area contributed by atoms with Gasteiger partial charge < -0.3 is 4.74 Å². The van der Waals surface area contributed by atoms with Crippen molar-refractivity contribution in [3.63, 3.8) is 0 Å². The lowest BCUT2D eigenvalue weighted by Crippen LogP contribution is -2.32. The summed E-state index contributed by atoms with van der Waals surface area (Å²) in [6, 6.07) is 13.6. The number of ether oxygens (including phenoxy) is 1. The second kappa shape index (κ2) is 9.86. The summed E-state index contributed by atoms with van der Waals surface area (Å²) in [5.41, 5.74) is 0.999. The van der Waals surface area contributed by atoms with Gasteiger partial charge in [0.05, 0.1) is 0 Å². The van der Waals surface area contributed by atoms with Crippen LogP contribution in [0, 0.1) is 5.82 Å². The standard InChI is InChI=1S/C19H17ClFN3O2S2/c1-2-15(26-16-10-6-5-9-14(16)21)17(25)22-18-23-24-19(28-18)27-11-12-7-3-4-8-13(12)20/h3-10,15H,2,11H2,1H3,(H,22,23,25)/t15-/m0/s1. The van der Waals surface area contributed by atoms with Crippen molar-refractivity contribution in [1.29, 1.82) is 0 Å². The second-order valence-corrected chi connectivity index (χ2v) is 8.29. The topological polar surface area (TPSA) is 64.1 Å². The van der Waals surface area contributed by atoms with E-state index in [0.29, 0.717) is 26.7 Å². The lowest BCUT2D eigenvalue weighted by Gasteiger charge is -2.16. The van der Waals surface area contributed by atoms with Gasteiger partial charge in [0.25, 0.3) is 5.91 Å². The molecular weight excluding hydrogens is 421 g/mol. The van der Waals surface area contributed by atoms with E-state index in [0.717, 1.165) is 5.56 Å². The molecule has 1 aromatic heterocycles. The van der Waals surface area contributed by atoms with Crippen molar-refractivity contribution in [2.24, 2.45) is 0 Å². The van der Waals surface area contributed by atoms with Crippen LogP contribution in [0.3, 0.4) is 0 Å². The summed E-state index contributed by atoms with van der Waals surface area (Å²) in [6.07, 6.45) is -0.451. The molecule has 3 aromatic rings. The Bertz CT molecular complexity index is 954. The van der Waals surface area contributed by atoms with Crippen LogP contribution in [0.1, 0.15) is 18.9 Å². The zero-order valence-corrected chi connectivity index (χ0v) is 17.3. The highest BCUT2D eigenvalue weighted by Gasteiger charge is 2.21. The third-order valence-electron chi connectivity index (χ3n) is 3.71. The summed E-state index contributed by atoms with van der Waals surface area (Å²) in [6.45, 7) is 1.79. The fourth-order valence-electron chi connectivity index (χ4n) is 2.28. The van der Waals surface area contributed by atoms with Crippen molar-refractivity contribution < 1.29 is 13.9 Å². The van der Waals surface area contributed by atoms with Crippen LogP contribution >= 0.6 is 34.7 Å². The molecular formula is C19H17ClFN3O2S2. The first-order valence-corrected chi connectivity index (χ1v) is 10.7. The fraction of sp³-hybridized carbons (Fsp3) is 0.211. The average molecular weight is 438 g/mol. The van der Waals surface area contributed by atoms with Crippen molar-refractivity contribution >= 4 is 45.7 Å². The molecule has 0 unspecified atom stereocenters. The van der Waals surface area contributed by atoms with Gasteiger partial charge in [-0.3, -0.25) is 10.1 Å². The maximum atomic E-state index is 13.7. The number of nitrogens with zero attached hydrogens (tertiary/aromatic N) is 2. The highest BCUT2D eigenvalue weighted by Crippen LogP contribution is 2.30. The minimum absolute atomic E-state index is 0.0396. The Morgan fingerprint density at radius 3 is 2.75 bits per heavy atom. The summed E-state index contributed by atoms with van der Waals surface area (Å²) >= 11 is 8.89. The Hall–Kier alpha value is -2.16. The number of carbonyl (C=O) groups is 1. The van der Waals surface area contributed by atoms with Gasteiger partial charge in [-0.25, -0.2) is 4.39 Å². The molecule has 0 aliphatic rings. The van der Waals surface area contributed by atoms with E-state index >= 15 is 0 Å². The average Bonchev–Trinajstić information content (AvgIpc) is 3.14. The number of para-hydroxylation sites is 1. The zero-order chi connectivity index (χ0) is 19.9. The summed E-state index contributed by atoms with van der Waals surface area (Å²) < 4.78 is 20.0. The Morgan fingerprint density at radius 2 is 2.00 bits per heavy atom. The quantitative estimate of drug-likeness (QED) is 0.376. The molecule has 3 rings (SSSR count). The molecule has 146 valence electrons. The molecule has 1 amide bonds. The van der Waals surface area contributed by atoms with E-state index in [1.165, 1.54) is 35.2 Å². The Morgan fingerprint density at radius 1 is 1.25 bits per heavy atom. The van der Waals surface area contributed by atoms with Crippen LogP contribution in [-0.4, -0.2) is 22.2 Å². The molecule has 0 saturated heterocycles. The Kier molecular flexibility index (Phi) is 7.24. The summed E-state index contributed by atoms with van der Waals surface area (Å²) in [5.74, 6) is -0.221. The van der Waals surface area contributed by atoms with Gasteiger partial charge in [0.15, 0.2) is 22.0 Å². The largest absolute Gasteiger partial charge is 0.478 e. The number of thioether (sulfide) groups is 1. The number of benzene rings is 2. The number of nitrogens with one attached hydrogen (secondary N) is 1. The van der Waals surface area contributed by atoms with Crippen molar-refractivity contribution in [3.05, 3.63) is 64.9 Å². The van der Waals surface area contributed by atoms with E-state index in [1.807, 2.05) is 24.3 Å². The second-order valence-electron chi connectivity index (χ2n) is 5.69. The maximum absolute atomic E-state index is 13.7. The van der Waals surface area contributed by atoms with Gasteiger partial charge in [0.2, 0.25) is 5.13 Å². The van der Waals surface area contributed by atoms with Gasteiger partial charge in [0, 0.05) is 10.8 Å². The SMILES string of the molecule is CC[C@H](Oc1ccccc1F)C(=O)Nc1nnc(SCc2ccccc2Cl)s1. The molecule has 0 spiro atoms. The van der Waals surface area contributed by atoms with Crippen molar-refractivity contribution in [1.82, 2.24) is 10.2 Å². The van der Waals surface area contributed by atoms with Crippen LogP contribution in [0.25, 0.3) is 0 Å². The third-order valence-corrected chi connectivity index (χ3v) is 6.10. The number of hydrogen-bond donors (Lipinski definition) is 1. The first-order valence-electron chi connectivity index (χ1n) is 8.48. The molecule has 1 heterocycles. The molecule has 0 fully saturated rings. The van der Waals surface area contributed by atoms with E-state index < -0.39 is 17.8 Å². The molecule has 0 saturated carbocycles. The first-order chi connectivity index (χ1) is 13.6. The summed E-state index contributed by atoms with van der Waals surface area (Å²) in [5, 5.41) is 11.8. The molecule has 0 aliphatic carbocycles. The number of rotatable bonds is 8. The van der Waals surface area contributed by atoms with E-state index in [2.05, 4.69) is 15.5 Å². The molecule has 1 N–H and O–H groups in total. The predicted octanol–water partition coefficient (Wildman–Crippen LogP) is 5.42. The fourth-order valence-corrected chi connectivity index (χ4v) is 4.32. The van der Waals surface area contributed by atoms with Gasteiger partial charge in [0.1, 0.15) is 0 Å². The minimum Gasteiger partial charge on any atom is -0.478 e. The lowest BCUT2D eigenvalue weighted by atomic mass is 10.2. The van der Waals surface area contributed by atoms with E-state index in [9.17, 15) is 9.18 Å². The van der Waals surface area contributed by atoms with Crippen molar-refractivity contribution in [2.75, 3.05) is 5.32 Å². The van der Waals surface area contributed by atoms with Gasteiger partial charge in [-0.2, -0.15) is 0 Å². The van der Waals surface area contributed by atoms with Gasteiger partial charge in [-0.05, 0) is 30.2 Å².